The highest BCUT2D eigenvalue weighted by Gasteiger charge is 2.35. The van der Waals surface area contributed by atoms with Crippen LogP contribution in [0.25, 0.3) is 0 Å². The number of carbonyl (C=O) groups excluding carboxylic acids is 3. The number of carbonyl (C=O) groups is 3. The summed E-state index contributed by atoms with van der Waals surface area (Å²) in [6, 6.07) is 4.83. The van der Waals surface area contributed by atoms with Gasteiger partial charge >= 0.3 is 11.9 Å². The molecule has 1 heterocycles. The van der Waals surface area contributed by atoms with Gasteiger partial charge in [-0.05, 0) is 32.0 Å². The summed E-state index contributed by atoms with van der Waals surface area (Å²) >= 11 is 0. The summed E-state index contributed by atoms with van der Waals surface area (Å²) in [6.45, 7) is 3.36. The van der Waals surface area contributed by atoms with Crippen LogP contribution in [-0.2, 0) is 19.1 Å². The molecule has 0 saturated heterocycles. The van der Waals surface area contributed by atoms with Gasteiger partial charge in [-0.3, -0.25) is 4.79 Å². The molecule has 1 aromatic carbocycles. The fourth-order valence-corrected chi connectivity index (χ4v) is 2.14. The quantitative estimate of drug-likeness (QED) is 0.382. The van der Waals surface area contributed by atoms with Gasteiger partial charge in [0.1, 0.15) is 11.4 Å². The minimum atomic E-state index is -0.901. The van der Waals surface area contributed by atoms with Gasteiger partial charge in [0.15, 0.2) is 5.57 Å². The second-order valence-corrected chi connectivity index (χ2v) is 4.56. The van der Waals surface area contributed by atoms with Gasteiger partial charge in [0, 0.05) is 0 Å². The first-order valence-electron chi connectivity index (χ1n) is 7.11. The van der Waals surface area contributed by atoms with E-state index in [0.717, 1.165) is 0 Å². The molecule has 0 unspecified atom stereocenters. The molecule has 0 atom stereocenters. The highest BCUT2D eigenvalue weighted by Crippen LogP contribution is 2.33. The standard InChI is InChI=1S/C16H17NO6/c1-4-22-15(19)12(16(20)23-5-2)13-14(18)10-8-9(21-3)6-7-11(10)17-13/h6-8,17H,4-5H2,1-3H3. The molecular weight excluding hydrogens is 302 g/mol. The number of methoxy groups -OCH3 is 1. The van der Waals surface area contributed by atoms with Crippen LogP contribution in [0.4, 0.5) is 5.69 Å². The molecule has 0 spiro atoms. The van der Waals surface area contributed by atoms with Crippen molar-refractivity contribution in [2.45, 2.75) is 13.8 Å². The smallest absolute Gasteiger partial charge is 0.347 e. The van der Waals surface area contributed by atoms with Gasteiger partial charge in [-0.1, -0.05) is 0 Å². The highest BCUT2D eigenvalue weighted by atomic mass is 16.6. The van der Waals surface area contributed by atoms with E-state index in [1.54, 1.807) is 26.0 Å². The number of allylic oxidation sites excluding steroid dienone is 1. The van der Waals surface area contributed by atoms with Gasteiger partial charge in [-0.2, -0.15) is 0 Å². The average Bonchev–Trinajstić information content (AvgIpc) is 2.84. The van der Waals surface area contributed by atoms with Crippen molar-refractivity contribution >= 4 is 23.4 Å². The van der Waals surface area contributed by atoms with E-state index in [2.05, 4.69) is 5.32 Å². The summed E-state index contributed by atoms with van der Waals surface area (Å²) in [5, 5.41) is 2.79. The Labute approximate surface area is 133 Å². The number of hydrogen-bond acceptors (Lipinski definition) is 7. The molecule has 0 aromatic heterocycles. The van der Waals surface area contributed by atoms with Crippen LogP contribution < -0.4 is 10.1 Å². The van der Waals surface area contributed by atoms with Gasteiger partial charge in [0.05, 0.1) is 31.6 Å². The number of rotatable bonds is 5. The zero-order valence-corrected chi connectivity index (χ0v) is 13.1. The average molecular weight is 319 g/mol. The van der Waals surface area contributed by atoms with Crippen molar-refractivity contribution in [1.82, 2.24) is 0 Å². The molecule has 0 saturated carbocycles. The molecule has 23 heavy (non-hydrogen) atoms. The van der Waals surface area contributed by atoms with E-state index in [0.29, 0.717) is 17.0 Å². The molecule has 1 aromatic rings. The van der Waals surface area contributed by atoms with Crippen molar-refractivity contribution < 1.29 is 28.6 Å². The normalized spacial score (nSPS) is 12.3. The number of benzene rings is 1. The zero-order chi connectivity index (χ0) is 17.0. The summed E-state index contributed by atoms with van der Waals surface area (Å²) in [5.41, 5.74) is 0.210. The third-order valence-corrected chi connectivity index (χ3v) is 3.17. The lowest BCUT2D eigenvalue weighted by atomic mass is 10.1. The van der Waals surface area contributed by atoms with E-state index in [9.17, 15) is 14.4 Å². The monoisotopic (exact) mass is 319 g/mol. The number of anilines is 1. The highest BCUT2D eigenvalue weighted by molar-refractivity contribution is 6.27. The van der Waals surface area contributed by atoms with Crippen molar-refractivity contribution in [3.05, 3.63) is 35.0 Å². The minimum absolute atomic E-state index is 0.0734. The molecule has 0 bridgehead atoms. The van der Waals surface area contributed by atoms with Gasteiger partial charge in [0.2, 0.25) is 5.78 Å². The Balaban J connectivity index is 2.49. The second kappa shape index (κ2) is 6.95. The lowest BCUT2D eigenvalue weighted by molar-refractivity contribution is -0.146. The Morgan fingerprint density at radius 3 is 2.22 bits per heavy atom. The van der Waals surface area contributed by atoms with E-state index in [1.165, 1.54) is 13.2 Å². The summed E-state index contributed by atoms with van der Waals surface area (Å²) < 4.78 is 14.8. The first-order valence-corrected chi connectivity index (χ1v) is 7.11. The third kappa shape index (κ3) is 3.18. The van der Waals surface area contributed by atoms with Crippen molar-refractivity contribution in [3.8, 4) is 5.75 Å². The molecule has 0 amide bonds. The summed E-state index contributed by atoms with van der Waals surface area (Å²) in [7, 11) is 1.48. The largest absolute Gasteiger partial charge is 0.497 e. The predicted octanol–water partition coefficient (Wildman–Crippen LogP) is 1.68. The fraction of sp³-hybridized carbons (Fsp3) is 0.312. The van der Waals surface area contributed by atoms with Crippen molar-refractivity contribution in [2.75, 3.05) is 25.6 Å². The van der Waals surface area contributed by atoms with Crippen molar-refractivity contribution in [2.24, 2.45) is 0 Å². The summed E-state index contributed by atoms with van der Waals surface area (Å²) in [4.78, 5) is 36.7. The van der Waals surface area contributed by atoms with Crippen LogP contribution >= 0.6 is 0 Å². The Morgan fingerprint density at radius 1 is 1.09 bits per heavy atom. The second-order valence-electron chi connectivity index (χ2n) is 4.56. The van der Waals surface area contributed by atoms with Crippen LogP contribution in [0.1, 0.15) is 24.2 Å². The fourth-order valence-electron chi connectivity index (χ4n) is 2.14. The van der Waals surface area contributed by atoms with Gasteiger partial charge in [0.25, 0.3) is 0 Å². The molecule has 0 radical (unpaired) electrons. The van der Waals surface area contributed by atoms with Gasteiger partial charge < -0.3 is 19.5 Å². The lowest BCUT2D eigenvalue weighted by Crippen LogP contribution is -2.23. The van der Waals surface area contributed by atoms with Crippen LogP contribution in [-0.4, -0.2) is 38.0 Å². The number of ether oxygens (including phenoxy) is 3. The van der Waals surface area contributed by atoms with Crippen molar-refractivity contribution in [3.63, 3.8) is 0 Å². The number of hydrogen-bond donors (Lipinski definition) is 1. The molecule has 1 aliphatic heterocycles. The van der Waals surface area contributed by atoms with Crippen molar-refractivity contribution in [1.29, 1.82) is 0 Å². The third-order valence-electron chi connectivity index (χ3n) is 3.17. The topological polar surface area (TPSA) is 90.9 Å². The van der Waals surface area contributed by atoms with E-state index in [4.69, 9.17) is 14.2 Å². The molecule has 0 aliphatic carbocycles. The molecule has 7 nitrogen and oxygen atoms in total. The molecule has 7 heteroatoms. The van der Waals surface area contributed by atoms with Crippen LogP contribution in [0.5, 0.6) is 5.75 Å². The Hall–Kier alpha value is -2.83. The van der Waals surface area contributed by atoms with E-state index >= 15 is 0 Å². The van der Waals surface area contributed by atoms with Crippen LogP contribution in [0.2, 0.25) is 0 Å². The van der Waals surface area contributed by atoms with Crippen LogP contribution in [0.15, 0.2) is 29.5 Å². The van der Waals surface area contributed by atoms with Gasteiger partial charge in [-0.25, -0.2) is 9.59 Å². The zero-order valence-electron chi connectivity index (χ0n) is 13.1. The van der Waals surface area contributed by atoms with Crippen LogP contribution in [0.3, 0.4) is 0 Å². The maximum Gasteiger partial charge on any atom is 0.347 e. The molecular formula is C16H17NO6. The molecule has 1 N–H and O–H groups in total. The SMILES string of the molecule is CCOC(=O)C(C(=O)OCC)=C1Nc2ccc(OC)cc2C1=O. The predicted molar refractivity (Wildman–Crippen MR) is 81.2 cm³/mol. The Kier molecular flexibility index (Phi) is 5.00. The van der Waals surface area contributed by atoms with Crippen LogP contribution in [0, 0.1) is 0 Å². The minimum Gasteiger partial charge on any atom is -0.497 e. The molecule has 1 aliphatic rings. The summed E-state index contributed by atoms with van der Waals surface area (Å²) in [6.07, 6.45) is 0. The van der Waals surface area contributed by atoms with Gasteiger partial charge in [-0.15, -0.1) is 0 Å². The summed E-state index contributed by atoms with van der Waals surface area (Å²) in [5.74, 6) is -1.80. The van der Waals surface area contributed by atoms with E-state index in [1.807, 2.05) is 0 Å². The van der Waals surface area contributed by atoms with E-state index < -0.39 is 23.3 Å². The Bertz CT molecular complexity index is 672. The molecule has 0 fully saturated rings. The van der Waals surface area contributed by atoms with E-state index in [-0.39, 0.29) is 18.9 Å². The first-order chi connectivity index (χ1) is 11.0. The maximum absolute atomic E-state index is 12.5. The number of nitrogens with one attached hydrogen (secondary N) is 1. The number of ketones is 1. The number of Topliss-reactive ketones (excluding diaryl/α,β-unsaturated/α-hetero) is 1. The number of fused-ring (bicyclic) bond motifs is 1. The molecule has 122 valence electrons. The first kappa shape index (κ1) is 16.5. The lowest BCUT2D eigenvalue weighted by Gasteiger charge is -2.09. The molecule has 2 rings (SSSR count). The number of esters is 2. The Morgan fingerprint density at radius 2 is 1.70 bits per heavy atom. The maximum atomic E-state index is 12.5.